The molecule has 0 spiro atoms. The highest BCUT2D eigenvalue weighted by Crippen LogP contribution is 2.42. The molecule has 2 fully saturated rings. The van der Waals surface area contributed by atoms with Gasteiger partial charge in [0.1, 0.15) is 16.5 Å². The largest absolute Gasteiger partial charge is 0.628 e. The standard InChI is InChI=1S/C25H28ClF4N5O3/c1-35(37)10-8-18(32-19-6-5-15(27)12-17(19)25(28,29)30)16-7-9-33(14-21(16)35)20-13-31-34(24(36)23(20)26)22-4-2-3-11-38-22/h5-6,12-14,16,18,22,32H,2-4,7-11H2,1H3. The van der Waals surface area contributed by atoms with Crippen molar-refractivity contribution in [1.82, 2.24) is 9.78 Å². The summed E-state index contributed by atoms with van der Waals surface area (Å²) in [4.78, 5) is 14.7. The second kappa shape index (κ2) is 10.1. The number of aromatic nitrogens is 2. The summed E-state index contributed by atoms with van der Waals surface area (Å²) >= 11 is 6.47. The normalized spacial score (nSPS) is 28.0. The molecule has 2 aromatic rings. The number of hydrogen-bond acceptors (Lipinski definition) is 6. The van der Waals surface area contributed by atoms with E-state index in [-0.39, 0.29) is 23.2 Å². The summed E-state index contributed by atoms with van der Waals surface area (Å²) in [5.41, 5.74) is -1.01. The van der Waals surface area contributed by atoms with E-state index in [1.807, 2.05) is 0 Å². The summed E-state index contributed by atoms with van der Waals surface area (Å²) in [6, 6.07) is 2.05. The zero-order valence-corrected chi connectivity index (χ0v) is 21.4. The molecule has 0 radical (unpaired) electrons. The molecule has 4 unspecified atom stereocenters. The predicted molar refractivity (Wildman–Crippen MR) is 134 cm³/mol. The maximum Gasteiger partial charge on any atom is 0.418 e. The van der Waals surface area contributed by atoms with Crippen molar-refractivity contribution >= 4 is 23.0 Å². The molecule has 4 atom stereocenters. The van der Waals surface area contributed by atoms with Crippen LogP contribution in [0.1, 0.15) is 43.9 Å². The third kappa shape index (κ3) is 5.14. The topological polar surface area (TPSA) is 82.4 Å². The molecule has 8 nitrogen and oxygen atoms in total. The van der Waals surface area contributed by atoms with Gasteiger partial charge in [0, 0.05) is 31.3 Å². The first-order chi connectivity index (χ1) is 18.0. The average molecular weight is 558 g/mol. The number of rotatable bonds is 4. The fourth-order valence-corrected chi connectivity index (χ4v) is 5.78. The van der Waals surface area contributed by atoms with E-state index in [1.165, 1.54) is 17.9 Å². The van der Waals surface area contributed by atoms with E-state index in [0.717, 1.165) is 25.0 Å². The minimum atomic E-state index is -4.74. The lowest BCUT2D eigenvalue weighted by Crippen LogP contribution is -2.54. The van der Waals surface area contributed by atoms with Crippen molar-refractivity contribution in [3.8, 4) is 0 Å². The molecule has 0 saturated carbocycles. The van der Waals surface area contributed by atoms with Crippen molar-refractivity contribution < 1.29 is 26.9 Å². The van der Waals surface area contributed by atoms with Crippen LogP contribution in [-0.4, -0.2) is 47.2 Å². The number of hydroxylamine groups is 3. The molecule has 3 aliphatic heterocycles. The molecule has 2 saturated heterocycles. The van der Waals surface area contributed by atoms with E-state index in [4.69, 9.17) is 16.3 Å². The summed E-state index contributed by atoms with van der Waals surface area (Å²) in [5, 5.41) is 20.6. The number of ether oxygens (including phenoxy) is 1. The summed E-state index contributed by atoms with van der Waals surface area (Å²) < 4.78 is 60.5. The molecular weight excluding hydrogens is 530 g/mol. The van der Waals surface area contributed by atoms with Crippen LogP contribution in [0.4, 0.5) is 28.9 Å². The Kier molecular flexibility index (Phi) is 7.18. The second-order valence-electron chi connectivity index (χ2n) is 10.1. The van der Waals surface area contributed by atoms with Crippen LogP contribution < -0.4 is 15.8 Å². The highest BCUT2D eigenvalue weighted by Gasteiger charge is 2.43. The van der Waals surface area contributed by atoms with E-state index >= 15 is 0 Å². The Hall–Kier alpha value is -2.67. The van der Waals surface area contributed by atoms with Crippen LogP contribution in [0.25, 0.3) is 0 Å². The van der Waals surface area contributed by atoms with Crippen molar-refractivity contribution in [1.29, 1.82) is 0 Å². The molecule has 3 aliphatic rings. The van der Waals surface area contributed by atoms with Crippen LogP contribution in [0, 0.1) is 16.9 Å². The second-order valence-corrected chi connectivity index (χ2v) is 10.5. The fourth-order valence-electron chi connectivity index (χ4n) is 5.54. The lowest BCUT2D eigenvalue weighted by atomic mass is 9.83. The molecule has 38 heavy (non-hydrogen) atoms. The van der Waals surface area contributed by atoms with E-state index in [9.17, 15) is 27.6 Å². The Labute approximate surface area is 221 Å². The van der Waals surface area contributed by atoms with Crippen molar-refractivity contribution in [2.24, 2.45) is 5.92 Å². The van der Waals surface area contributed by atoms with Gasteiger partial charge in [-0.25, -0.2) is 4.39 Å². The molecule has 0 amide bonds. The van der Waals surface area contributed by atoms with Crippen LogP contribution >= 0.6 is 11.6 Å². The first-order valence-corrected chi connectivity index (χ1v) is 12.9. The van der Waals surface area contributed by atoms with Gasteiger partial charge in [0.2, 0.25) is 0 Å². The van der Waals surface area contributed by atoms with Crippen LogP contribution in [0.15, 0.2) is 41.1 Å². The summed E-state index contributed by atoms with van der Waals surface area (Å²) in [7, 11) is 1.50. The molecule has 5 rings (SSSR count). The number of alkyl halides is 3. The SMILES string of the molecule is C[N+]1([O-])CCC(Nc2ccc(F)cc2C(F)(F)F)C2CCN(c3cnn(C4CCCCO4)c(=O)c3Cl)C=C21. The summed E-state index contributed by atoms with van der Waals surface area (Å²) in [5.74, 6) is -1.36. The van der Waals surface area contributed by atoms with E-state index in [1.54, 1.807) is 11.1 Å². The molecule has 0 aliphatic carbocycles. The van der Waals surface area contributed by atoms with Crippen LogP contribution in [-0.2, 0) is 10.9 Å². The van der Waals surface area contributed by atoms with Gasteiger partial charge in [-0.2, -0.15) is 23.0 Å². The van der Waals surface area contributed by atoms with Gasteiger partial charge in [0.05, 0.1) is 43.2 Å². The van der Waals surface area contributed by atoms with Crippen molar-refractivity contribution in [2.75, 3.05) is 37.0 Å². The van der Waals surface area contributed by atoms with Gasteiger partial charge in [0.25, 0.3) is 5.56 Å². The predicted octanol–water partition coefficient (Wildman–Crippen LogP) is 5.25. The molecule has 1 N–H and O–H groups in total. The van der Waals surface area contributed by atoms with Gasteiger partial charge >= 0.3 is 6.18 Å². The lowest BCUT2D eigenvalue weighted by molar-refractivity contribution is -0.831. The minimum Gasteiger partial charge on any atom is -0.628 e. The molecule has 1 aromatic carbocycles. The Morgan fingerprint density at radius 1 is 1.24 bits per heavy atom. The smallest absolute Gasteiger partial charge is 0.418 e. The third-order valence-electron chi connectivity index (χ3n) is 7.54. The third-order valence-corrected chi connectivity index (χ3v) is 7.89. The number of halogens is 5. The molecule has 4 heterocycles. The van der Waals surface area contributed by atoms with Gasteiger partial charge in [-0.15, -0.1) is 0 Å². The van der Waals surface area contributed by atoms with Gasteiger partial charge in [-0.1, -0.05) is 11.6 Å². The van der Waals surface area contributed by atoms with E-state index < -0.39 is 40.0 Å². The van der Waals surface area contributed by atoms with E-state index in [2.05, 4.69) is 10.4 Å². The number of nitrogens with one attached hydrogen (secondary N) is 1. The number of benzene rings is 1. The number of nitrogens with zero attached hydrogens (tertiary/aromatic N) is 4. The number of anilines is 2. The van der Waals surface area contributed by atoms with Crippen molar-refractivity contribution in [2.45, 2.75) is 50.6 Å². The quantitative estimate of drug-likeness (QED) is 0.314. The summed E-state index contributed by atoms with van der Waals surface area (Å²) in [6.45, 7) is 1.03. The zero-order valence-electron chi connectivity index (χ0n) is 20.7. The molecule has 0 bridgehead atoms. The Balaban J connectivity index is 1.43. The summed E-state index contributed by atoms with van der Waals surface area (Å²) in [6.07, 6.45) is 1.13. The maximum atomic E-state index is 13.6. The average Bonchev–Trinajstić information content (AvgIpc) is 2.88. The monoisotopic (exact) mass is 557 g/mol. The first kappa shape index (κ1) is 26.9. The lowest BCUT2D eigenvalue weighted by Gasteiger charge is -2.51. The zero-order chi connectivity index (χ0) is 27.2. The highest BCUT2D eigenvalue weighted by molar-refractivity contribution is 6.33. The van der Waals surface area contributed by atoms with Crippen molar-refractivity contribution in [3.05, 3.63) is 68.3 Å². The molecule has 1 aromatic heterocycles. The Morgan fingerprint density at radius 2 is 2.03 bits per heavy atom. The number of likely N-dealkylation sites (tertiary alicyclic amines) is 1. The molecule has 206 valence electrons. The Morgan fingerprint density at radius 3 is 2.74 bits per heavy atom. The maximum absolute atomic E-state index is 13.6. The van der Waals surface area contributed by atoms with Gasteiger partial charge in [-0.05, 0) is 43.9 Å². The number of hydrogen-bond donors (Lipinski definition) is 1. The Bertz CT molecular complexity index is 1290. The molecular formula is C25H28ClF4N5O3. The van der Waals surface area contributed by atoms with Crippen molar-refractivity contribution in [3.63, 3.8) is 0 Å². The number of fused-ring (bicyclic) bond motifs is 1. The highest BCUT2D eigenvalue weighted by atomic mass is 35.5. The first-order valence-electron chi connectivity index (χ1n) is 12.5. The minimum absolute atomic E-state index is 0.0452. The fraction of sp³-hybridized carbons (Fsp3) is 0.520. The number of quaternary nitrogens is 1. The van der Waals surface area contributed by atoms with Gasteiger partial charge in [0.15, 0.2) is 6.23 Å². The number of piperidine rings is 1. The van der Waals surface area contributed by atoms with Crippen LogP contribution in [0.5, 0.6) is 0 Å². The van der Waals surface area contributed by atoms with E-state index in [0.29, 0.717) is 49.9 Å². The molecule has 13 heteroatoms. The van der Waals surface area contributed by atoms with Crippen LogP contribution in [0.2, 0.25) is 5.02 Å². The van der Waals surface area contributed by atoms with Gasteiger partial charge in [-0.3, -0.25) is 4.79 Å². The van der Waals surface area contributed by atoms with Crippen LogP contribution in [0.3, 0.4) is 0 Å². The van der Waals surface area contributed by atoms with Gasteiger partial charge < -0.3 is 24.8 Å².